The molecule has 1 unspecified atom stereocenters. The second-order valence-corrected chi connectivity index (χ2v) is 7.47. The number of phenols is 1. The number of nitrogens with zero attached hydrogens (tertiary/aromatic N) is 3. The van der Waals surface area contributed by atoms with E-state index in [0.29, 0.717) is 22.4 Å². The SMILES string of the molecule is O=C1NC(=O)C(CN2Cc3ccc(O)cc3C2=O)(c2cnn(-c3ccc(F)cc3)c2)N1. The molecule has 5 rings (SSSR count). The lowest BCUT2D eigenvalue weighted by molar-refractivity contribution is -0.124. The van der Waals surface area contributed by atoms with Crippen LogP contribution in [0, 0.1) is 5.82 Å². The van der Waals surface area contributed by atoms with Gasteiger partial charge in [-0.2, -0.15) is 5.10 Å². The topological polar surface area (TPSA) is 117 Å². The van der Waals surface area contributed by atoms with Crippen LogP contribution in [-0.2, 0) is 16.9 Å². The molecular weight excluding hydrogens is 405 g/mol. The molecule has 1 saturated heterocycles. The fourth-order valence-electron chi connectivity index (χ4n) is 3.94. The Morgan fingerprint density at radius 1 is 1.13 bits per heavy atom. The molecule has 3 aromatic rings. The third-order valence-electron chi connectivity index (χ3n) is 5.51. The maximum Gasteiger partial charge on any atom is 0.322 e. The van der Waals surface area contributed by atoms with Gasteiger partial charge in [0.2, 0.25) is 0 Å². The van der Waals surface area contributed by atoms with Gasteiger partial charge in [-0.3, -0.25) is 14.9 Å². The maximum absolute atomic E-state index is 13.2. The molecule has 3 heterocycles. The molecule has 0 saturated carbocycles. The number of urea groups is 1. The van der Waals surface area contributed by atoms with Gasteiger partial charge in [0.05, 0.1) is 18.4 Å². The highest BCUT2D eigenvalue weighted by Crippen LogP contribution is 2.32. The predicted molar refractivity (Wildman–Crippen MR) is 105 cm³/mol. The highest BCUT2D eigenvalue weighted by molar-refractivity contribution is 6.08. The summed E-state index contributed by atoms with van der Waals surface area (Å²) in [6.45, 7) is 0.0966. The lowest BCUT2D eigenvalue weighted by Crippen LogP contribution is -2.52. The smallest absolute Gasteiger partial charge is 0.322 e. The van der Waals surface area contributed by atoms with Crippen molar-refractivity contribution in [3.05, 3.63) is 77.4 Å². The van der Waals surface area contributed by atoms with E-state index in [1.165, 1.54) is 52.2 Å². The van der Waals surface area contributed by atoms with E-state index in [1.54, 1.807) is 12.3 Å². The number of carbonyl (C=O) groups is 3. The van der Waals surface area contributed by atoms with Crippen LogP contribution in [0.3, 0.4) is 0 Å². The van der Waals surface area contributed by atoms with Crippen LogP contribution in [0.15, 0.2) is 54.9 Å². The molecule has 31 heavy (non-hydrogen) atoms. The van der Waals surface area contributed by atoms with E-state index in [2.05, 4.69) is 15.7 Å². The summed E-state index contributed by atoms with van der Waals surface area (Å²) in [5.41, 5.74) is 0.445. The van der Waals surface area contributed by atoms with Crippen LogP contribution >= 0.6 is 0 Å². The summed E-state index contributed by atoms with van der Waals surface area (Å²) in [6, 6.07) is 9.46. The van der Waals surface area contributed by atoms with Crippen molar-refractivity contribution in [3.8, 4) is 11.4 Å². The number of hydrogen-bond acceptors (Lipinski definition) is 5. The van der Waals surface area contributed by atoms with E-state index in [4.69, 9.17) is 0 Å². The van der Waals surface area contributed by atoms with E-state index in [1.807, 2.05) is 0 Å². The molecule has 0 radical (unpaired) electrons. The number of aromatic nitrogens is 2. The summed E-state index contributed by atoms with van der Waals surface area (Å²) in [6.07, 6.45) is 2.98. The maximum atomic E-state index is 13.2. The summed E-state index contributed by atoms with van der Waals surface area (Å²) in [5.74, 6) is -1.39. The second-order valence-electron chi connectivity index (χ2n) is 7.47. The number of hydrogen-bond donors (Lipinski definition) is 3. The minimum absolute atomic E-state index is 0.0313. The molecule has 0 spiro atoms. The van der Waals surface area contributed by atoms with Gasteiger partial charge in [0, 0.05) is 23.9 Å². The van der Waals surface area contributed by atoms with Gasteiger partial charge in [0.15, 0.2) is 5.54 Å². The predicted octanol–water partition coefficient (Wildman–Crippen LogP) is 1.41. The minimum atomic E-state index is -1.55. The van der Waals surface area contributed by atoms with E-state index in [9.17, 15) is 23.9 Å². The Hall–Kier alpha value is -4.21. The van der Waals surface area contributed by atoms with Crippen molar-refractivity contribution in [3.63, 3.8) is 0 Å². The summed E-state index contributed by atoms with van der Waals surface area (Å²) >= 11 is 0. The van der Waals surface area contributed by atoms with Gasteiger partial charge < -0.3 is 15.3 Å². The van der Waals surface area contributed by atoms with E-state index < -0.39 is 23.3 Å². The molecule has 4 amide bonds. The zero-order valence-electron chi connectivity index (χ0n) is 16.0. The van der Waals surface area contributed by atoms with Crippen LogP contribution in [0.5, 0.6) is 5.75 Å². The molecule has 2 aliphatic rings. The first kappa shape index (κ1) is 18.8. The Morgan fingerprint density at radius 3 is 2.61 bits per heavy atom. The third kappa shape index (κ3) is 3.00. The molecule has 2 aromatic carbocycles. The van der Waals surface area contributed by atoms with Gasteiger partial charge in [0.1, 0.15) is 11.6 Å². The van der Waals surface area contributed by atoms with E-state index >= 15 is 0 Å². The molecule has 10 heteroatoms. The average molecular weight is 421 g/mol. The molecule has 1 fully saturated rings. The Morgan fingerprint density at radius 2 is 1.90 bits per heavy atom. The number of carbonyl (C=O) groups excluding carboxylic acids is 3. The van der Waals surface area contributed by atoms with Gasteiger partial charge in [-0.25, -0.2) is 13.9 Å². The van der Waals surface area contributed by atoms with Crippen molar-refractivity contribution in [2.24, 2.45) is 0 Å². The first-order valence-corrected chi connectivity index (χ1v) is 9.41. The van der Waals surface area contributed by atoms with Crippen LogP contribution < -0.4 is 10.6 Å². The number of halogens is 1. The van der Waals surface area contributed by atoms with Gasteiger partial charge in [-0.1, -0.05) is 6.07 Å². The Labute approximate surface area is 175 Å². The van der Waals surface area contributed by atoms with Crippen LogP contribution in [0.1, 0.15) is 21.5 Å². The van der Waals surface area contributed by atoms with Crippen molar-refractivity contribution in [2.45, 2.75) is 12.1 Å². The van der Waals surface area contributed by atoms with Gasteiger partial charge >= 0.3 is 6.03 Å². The molecule has 9 nitrogen and oxygen atoms in total. The first-order chi connectivity index (χ1) is 14.9. The van der Waals surface area contributed by atoms with Crippen molar-refractivity contribution >= 4 is 17.8 Å². The molecule has 1 atom stereocenters. The summed E-state index contributed by atoms with van der Waals surface area (Å²) < 4.78 is 14.7. The molecular formula is C21H16FN5O4. The molecule has 156 valence electrons. The standard InChI is InChI=1S/C21H16FN5O4/c22-14-2-4-15(5-3-14)27-10-13(8-23-27)21(19(30)24-20(31)25-21)11-26-9-12-1-6-16(28)7-17(12)18(26)29/h1-8,10,28H,9,11H2,(H2,24,25,30,31). The zero-order valence-corrected chi connectivity index (χ0v) is 16.0. The number of fused-ring (bicyclic) bond motifs is 1. The Balaban J connectivity index is 1.50. The van der Waals surface area contributed by atoms with Crippen molar-refractivity contribution < 1.29 is 23.9 Å². The average Bonchev–Trinajstić information content (AvgIpc) is 3.41. The number of rotatable bonds is 4. The molecule has 0 bridgehead atoms. The summed E-state index contributed by atoms with van der Waals surface area (Å²) in [5, 5.41) is 18.8. The molecule has 3 N–H and O–H groups in total. The number of benzene rings is 2. The largest absolute Gasteiger partial charge is 0.508 e. The van der Waals surface area contributed by atoms with Crippen LogP contribution in [0.2, 0.25) is 0 Å². The number of phenolic OH excluding ortho intramolecular Hbond substituents is 1. The van der Waals surface area contributed by atoms with Crippen LogP contribution in [0.4, 0.5) is 9.18 Å². The molecule has 1 aromatic heterocycles. The van der Waals surface area contributed by atoms with Crippen molar-refractivity contribution in [1.29, 1.82) is 0 Å². The van der Waals surface area contributed by atoms with E-state index in [0.717, 1.165) is 0 Å². The normalized spacial score (nSPS) is 20.0. The fourth-order valence-corrected chi connectivity index (χ4v) is 3.94. The minimum Gasteiger partial charge on any atom is -0.508 e. The number of aromatic hydroxyl groups is 1. The highest BCUT2D eigenvalue weighted by atomic mass is 19.1. The van der Waals surface area contributed by atoms with Crippen molar-refractivity contribution in [1.82, 2.24) is 25.3 Å². The van der Waals surface area contributed by atoms with Gasteiger partial charge in [-0.15, -0.1) is 0 Å². The molecule has 2 aliphatic heterocycles. The molecule has 0 aliphatic carbocycles. The second kappa shape index (κ2) is 6.66. The summed E-state index contributed by atoms with van der Waals surface area (Å²) in [4.78, 5) is 39.2. The van der Waals surface area contributed by atoms with Crippen molar-refractivity contribution in [2.75, 3.05) is 6.54 Å². The first-order valence-electron chi connectivity index (χ1n) is 9.41. The zero-order chi connectivity index (χ0) is 21.8. The third-order valence-corrected chi connectivity index (χ3v) is 5.51. The summed E-state index contributed by atoms with van der Waals surface area (Å²) in [7, 11) is 0. The highest BCUT2D eigenvalue weighted by Gasteiger charge is 2.51. The lowest BCUT2D eigenvalue weighted by atomic mass is 9.92. The van der Waals surface area contributed by atoms with Gasteiger partial charge in [0.25, 0.3) is 11.8 Å². The Kier molecular flexibility index (Phi) is 4.04. The Bertz CT molecular complexity index is 1240. The number of amides is 4. The monoisotopic (exact) mass is 421 g/mol. The fraction of sp³-hybridized carbons (Fsp3) is 0.143. The number of nitrogens with one attached hydrogen (secondary N) is 2. The van der Waals surface area contributed by atoms with E-state index in [-0.39, 0.29) is 24.7 Å². The lowest BCUT2D eigenvalue weighted by Gasteiger charge is -2.30. The van der Waals surface area contributed by atoms with Crippen LogP contribution in [-0.4, -0.2) is 44.2 Å². The number of imide groups is 1. The van der Waals surface area contributed by atoms with Gasteiger partial charge in [-0.05, 0) is 42.0 Å². The van der Waals surface area contributed by atoms with Crippen LogP contribution in [0.25, 0.3) is 5.69 Å². The quantitative estimate of drug-likeness (QED) is 0.551.